The zero-order valence-electron chi connectivity index (χ0n) is 12.7. The van der Waals surface area contributed by atoms with Crippen LogP contribution in [0.25, 0.3) is 11.1 Å². The van der Waals surface area contributed by atoms with Crippen LogP contribution in [0, 0.1) is 0 Å². The Bertz CT molecular complexity index is 739. The van der Waals surface area contributed by atoms with Crippen molar-refractivity contribution in [2.75, 3.05) is 5.32 Å². The summed E-state index contributed by atoms with van der Waals surface area (Å²) in [5.41, 5.74) is 4.30. The summed E-state index contributed by atoms with van der Waals surface area (Å²) in [6, 6.07) is 17.0. The maximum absolute atomic E-state index is 5.74. The number of nitrogens with zero attached hydrogens (tertiary/aromatic N) is 1. The lowest BCUT2D eigenvalue weighted by Crippen LogP contribution is -2.10. The molecule has 0 fully saturated rings. The lowest BCUT2D eigenvalue weighted by atomic mass is 9.87. The molecule has 21 heavy (non-hydrogen) atoms. The molecule has 1 aromatic heterocycles. The molecular weight excluding hydrogens is 260 g/mol. The Labute approximate surface area is 125 Å². The maximum atomic E-state index is 5.74. The van der Waals surface area contributed by atoms with Crippen molar-refractivity contribution in [3.63, 3.8) is 0 Å². The molecule has 2 aromatic carbocycles. The van der Waals surface area contributed by atoms with Gasteiger partial charge in [-0.3, -0.25) is 0 Å². The van der Waals surface area contributed by atoms with Crippen molar-refractivity contribution < 1.29 is 4.42 Å². The van der Waals surface area contributed by atoms with Gasteiger partial charge in [-0.1, -0.05) is 57.2 Å². The van der Waals surface area contributed by atoms with E-state index in [9.17, 15) is 0 Å². The summed E-state index contributed by atoms with van der Waals surface area (Å²) in [5.74, 6) is 0. The molecule has 3 aromatic rings. The smallest absolute Gasteiger partial charge is 0.295 e. The third kappa shape index (κ3) is 3.07. The van der Waals surface area contributed by atoms with Gasteiger partial charge >= 0.3 is 0 Å². The molecule has 3 heteroatoms. The number of hydrogen-bond donors (Lipinski definition) is 1. The van der Waals surface area contributed by atoms with E-state index in [1.54, 1.807) is 0 Å². The summed E-state index contributed by atoms with van der Waals surface area (Å²) in [6.45, 7) is 7.30. The monoisotopic (exact) mass is 280 g/mol. The molecule has 0 aliphatic rings. The van der Waals surface area contributed by atoms with E-state index in [1.807, 2.05) is 24.3 Å². The summed E-state index contributed by atoms with van der Waals surface area (Å²) in [5, 5.41) is 3.23. The molecule has 0 unspecified atom stereocenters. The number of benzene rings is 2. The first-order chi connectivity index (χ1) is 10.0. The molecule has 0 aliphatic heterocycles. The Hall–Kier alpha value is -2.29. The first kappa shape index (κ1) is 13.7. The Morgan fingerprint density at radius 2 is 1.81 bits per heavy atom. The molecule has 1 N–H and O–H groups in total. The quantitative estimate of drug-likeness (QED) is 0.753. The minimum Gasteiger partial charge on any atom is -0.424 e. The van der Waals surface area contributed by atoms with Crippen molar-refractivity contribution in [2.45, 2.75) is 32.7 Å². The molecule has 0 radical (unpaired) electrons. The standard InChI is InChI=1S/C18H20N2O/c1-18(2,3)14-9-10-16-15(11-14)20-17(21-16)19-12-13-7-5-4-6-8-13/h4-11H,12H2,1-3H3,(H,19,20). The van der Waals surface area contributed by atoms with Gasteiger partial charge in [-0.15, -0.1) is 0 Å². The molecule has 0 atom stereocenters. The highest BCUT2D eigenvalue weighted by Gasteiger charge is 2.15. The summed E-state index contributed by atoms with van der Waals surface area (Å²) >= 11 is 0. The van der Waals surface area contributed by atoms with Crippen LogP contribution >= 0.6 is 0 Å². The Morgan fingerprint density at radius 1 is 1.05 bits per heavy atom. The zero-order valence-corrected chi connectivity index (χ0v) is 12.7. The molecule has 0 spiro atoms. The van der Waals surface area contributed by atoms with Gasteiger partial charge in [0.05, 0.1) is 0 Å². The number of oxazole rings is 1. The van der Waals surface area contributed by atoms with Crippen molar-refractivity contribution in [3.8, 4) is 0 Å². The van der Waals surface area contributed by atoms with E-state index in [-0.39, 0.29) is 5.41 Å². The number of aromatic nitrogens is 1. The van der Waals surface area contributed by atoms with Crippen LogP contribution in [-0.2, 0) is 12.0 Å². The number of fused-ring (bicyclic) bond motifs is 1. The van der Waals surface area contributed by atoms with Gasteiger partial charge in [0.1, 0.15) is 5.52 Å². The van der Waals surface area contributed by atoms with E-state index >= 15 is 0 Å². The third-order valence-electron chi connectivity index (χ3n) is 3.54. The summed E-state index contributed by atoms with van der Waals surface area (Å²) < 4.78 is 5.74. The van der Waals surface area contributed by atoms with E-state index < -0.39 is 0 Å². The highest BCUT2D eigenvalue weighted by atomic mass is 16.4. The first-order valence-corrected chi connectivity index (χ1v) is 7.21. The third-order valence-corrected chi connectivity index (χ3v) is 3.54. The van der Waals surface area contributed by atoms with Crippen LogP contribution in [0.2, 0.25) is 0 Å². The average molecular weight is 280 g/mol. The van der Waals surface area contributed by atoms with E-state index in [0.717, 1.165) is 11.1 Å². The predicted octanol–water partition coefficient (Wildman–Crippen LogP) is 4.74. The van der Waals surface area contributed by atoms with Gasteiger partial charge in [0.25, 0.3) is 6.01 Å². The maximum Gasteiger partial charge on any atom is 0.295 e. The lowest BCUT2D eigenvalue weighted by molar-refractivity contribution is 0.589. The Balaban J connectivity index is 1.81. The first-order valence-electron chi connectivity index (χ1n) is 7.21. The van der Waals surface area contributed by atoms with Crippen LogP contribution in [0.5, 0.6) is 0 Å². The summed E-state index contributed by atoms with van der Waals surface area (Å²) in [4.78, 5) is 4.52. The molecule has 0 saturated heterocycles. The largest absolute Gasteiger partial charge is 0.424 e. The number of rotatable bonds is 3. The number of anilines is 1. The summed E-state index contributed by atoms with van der Waals surface area (Å²) in [6.07, 6.45) is 0. The molecule has 1 heterocycles. The van der Waals surface area contributed by atoms with Gasteiger partial charge in [0.2, 0.25) is 0 Å². The highest BCUT2D eigenvalue weighted by Crippen LogP contribution is 2.27. The molecular formula is C18H20N2O. The van der Waals surface area contributed by atoms with Crippen molar-refractivity contribution in [3.05, 3.63) is 59.7 Å². The SMILES string of the molecule is CC(C)(C)c1ccc2oc(NCc3ccccc3)nc2c1. The minimum atomic E-state index is 0.116. The topological polar surface area (TPSA) is 38.1 Å². The molecule has 0 amide bonds. The molecule has 3 rings (SSSR count). The fourth-order valence-corrected chi connectivity index (χ4v) is 2.24. The van der Waals surface area contributed by atoms with Crippen LogP contribution < -0.4 is 5.32 Å². The second-order valence-electron chi connectivity index (χ2n) is 6.29. The van der Waals surface area contributed by atoms with Crippen LogP contribution in [0.15, 0.2) is 52.9 Å². The Morgan fingerprint density at radius 3 is 2.52 bits per heavy atom. The van der Waals surface area contributed by atoms with Gasteiger partial charge < -0.3 is 9.73 Å². The van der Waals surface area contributed by atoms with E-state index in [0.29, 0.717) is 12.6 Å². The summed E-state index contributed by atoms with van der Waals surface area (Å²) in [7, 11) is 0. The molecule has 108 valence electrons. The van der Waals surface area contributed by atoms with Crippen LogP contribution in [0.4, 0.5) is 6.01 Å². The lowest BCUT2D eigenvalue weighted by Gasteiger charge is -2.18. The predicted molar refractivity (Wildman–Crippen MR) is 86.5 cm³/mol. The van der Waals surface area contributed by atoms with Gasteiger partial charge in [-0.2, -0.15) is 4.98 Å². The van der Waals surface area contributed by atoms with Crippen LogP contribution in [0.1, 0.15) is 31.9 Å². The van der Waals surface area contributed by atoms with E-state index in [2.05, 4.69) is 55.3 Å². The number of nitrogens with one attached hydrogen (secondary N) is 1. The molecule has 0 bridgehead atoms. The van der Waals surface area contributed by atoms with Crippen LogP contribution in [-0.4, -0.2) is 4.98 Å². The second-order valence-corrected chi connectivity index (χ2v) is 6.29. The molecule has 0 saturated carbocycles. The fourth-order valence-electron chi connectivity index (χ4n) is 2.24. The van der Waals surface area contributed by atoms with Crippen LogP contribution in [0.3, 0.4) is 0 Å². The van der Waals surface area contributed by atoms with E-state index in [4.69, 9.17) is 4.42 Å². The van der Waals surface area contributed by atoms with Gasteiger partial charge in [0.15, 0.2) is 5.58 Å². The zero-order chi connectivity index (χ0) is 14.9. The normalized spacial score (nSPS) is 11.8. The number of hydrogen-bond acceptors (Lipinski definition) is 3. The van der Waals surface area contributed by atoms with Gasteiger partial charge in [-0.25, -0.2) is 0 Å². The fraction of sp³-hybridized carbons (Fsp3) is 0.278. The van der Waals surface area contributed by atoms with E-state index in [1.165, 1.54) is 11.1 Å². The van der Waals surface area contributed by atoms with Crippen molar-refractivity contribution in [1.82, 2.24) is 4.98 Å². The van der Waals surface area contributed by atoms with Gasteiger partial charge in [0, 0.05) is 6.54 Å². The van der Waals surface area contributed by atoms with Crippen molar-refractivity contribution in [2.24, 2.45) is 0 Å². The second kappa shape index (κ2) is 5.24. The molecule has 3 nitrogen and oxygen atoms in total. The van der Waals surface area contributed by atoms with Crippen molar-refractivity contribution >= 4 is 17.1 Å². The average Bonchev–Trinajstić information content (AvgIpc) is 2.87. The van der Waals surface area contributed by atoms with Crippen molar-refractivity contribution in [1.29, 1.82) is 0 Å². The minimum absolute atomic E-state index is 0.116. The Kier molecular flexibility index (Phi) is 3.42. The highest BCUT2D eigenvalue weighted by molar-refractivity contribution is 5.75. The molecule has 0 aliphatic carbocycles. The van der Waals surface area contributed by atoms with Gasteiger partial charge in [-0.05, 0) is 28.7 Å².